The highest BCUT2D eigenvalue weighted by molar-refractivity contribution is 7.98. The number of rotatable bonds is 33. The van der Waals surface area contributed by atoms with Gasteiger partial charge in [-0.05, 0) is 87.5 Å². The zero-order valence-corrected chi connectivity index (χ0v) is 45.4. The zero-order valence-electron chi connectivity index (χ0n) is 44.6. The van der Waals surface area contributed by atoms with Crippen molar-refractivity contribution in [3.8, 4) is 0 Å². The molecular weight excluding hydrogens is 1010 g/mol. The summed E-state index contributed by atoms with van der Waals surface area (Å²) in [7, 11) is 0. The van der Waals surface area contributed by atoms with Gasteiger partial charge in [0.05, 0.1) is 19.0 Å². The number of carbonyl (C=O) groups excluding carboxylic acids is 12. The predicted octanol–water partition coefficient (Wildman–Crippen LogP) is -3.69. The van der Waals surface area contributed by atoms with E-state index in [1.165, 1.54) is 21.6 Å². The van der Waals surface area contributed by atoms with Crippen LogP contribution in [0.25, 0.3) is 0 Å². The van der Waals surface area contributed by atoms with Crippen LogP contribution in [0.5, 0.6) is 0 Å². The molecule has 0 radical (unpaired) electrons. The number of likely N-dealkylation sites (tertiary alicyclic amines) is 2. The molecule has 428 valence electrons. The molecule has 0 spiro atoms. The molecule has 0 aromatic rings. The van der Waals surface area contributed by atoms with Crippen LogP contribution < -0.4 is 60.2 Å². The van der Waals surface area contributed by atoms with E-state index in [2.05, 4.69) is 37.2 Å². The molecule has 0 bridgehead atoms. The van der Waals surface area contributed by atoms with Crippen molar-refractivity contribution in [1.29, 1.82) is 0 Å². The third-order valence-corrected chi connectivity index (χ3v) is 13.3. The predicted molar refractivity (Wildman–Crippen MR) is 277 cm³/mol. The summed E-state index contributed by atoms with van der Waals surface area (Å²) in [6, 6.07) is -11.5. The van der Waals surface area contributed by atoms with Gasteiger partial charge in [-0.25, -0.2) is 4.79 Å². The van der Waals surface area contributed by atoms with Crippen LogP contribution in [0.1, 0.15) is 119 Å². The van der Waals surface area contributed by atoms with E-state index in [9.17, 15) is 67.4 Å². The smallest absolute Gasteiger partial charge is 0.326 e. The van der Waals surface area contributed by atoms with Crippen molar-refractivity contribution in [1.82, 2.24) is 47.0 Å². The second kappa shape index (κ2) is 32.1. The van der Waals surface area contributed by atoms with Crippen LogP contribution in [0.3, 0.4) is 0 Å². The fourth-order valence-corrected chi connectivity index (χ4v) is 9.11. The lowest BCUT2D eigenvalue weighted by atomic mass is 10.0. The molecule has 16 N–H and O–H groups in total. The molecule has 12 amide bonds. The zero-order chi connectivity index (χ0) is 57.6. The van der Waals surface area contributed by atoms with Crippen LogP contribution in [0.15, 0.2) is 0 Å². The van der Waals surface area contributed by atoms with Gasteiger partial charge in [-0.2, -0.15) is 11.8 Å². The van der Waals surface area contributed by atoms with Crippen LogP contribution in [0.2, 0.25) is 0 Å². The standard InChI is InChI=1S/C48H81N13O14S/c1-24(2)20-30(43(69)54-28(13-15-36(51)63)42(68)59-39(26(5)6)48(74)75)56-45(71)32(22-37(52)64)57-41(67)29(16-19-76-7)55-44(70)31(21-25(3)4)58-46(72)33-10-8-18-61(33)47(73)34-11-9-17-60(34)38(65)23-53-40(66)27(49)12-14-35(50)62/h24-34,39H,8-23,49H2,1-7H3,(H2,50,62)(H2,51,63)(H2,52,64)(H,53,66)(H,54,69)(H,55,70)(H,56,71)(H,57,67)(H,58,72)(H,59,68)(H,74,75)/t27-,28-,29-,30-,31-,32-,33-,34-,39-/m0/s1. The van der Waals surface area contributed by atoms with Gasteiger partial charge in [0.1, 0.15) is 48.3 Å². The summed E-state index contributed by atoms with van der Waals surface area (Å²) >= 11 is 1.33. The number of amides is 12. The Bertz CT molecular complexity index is 2110. The molecule has 2 saturated heterocycles. The van der Waals surface area contributed by atoms with Crippen LogP contribution >= 0.6 is 11.8 Å². The fraction of sp³-hybridized carbons (Fsp3) is 0.729. The normalized spacial score (nSPS) is 18.0. The number of carboxylic acid groups (broad SMARTS) is 1. The molecule has 2 heterocycles. The van der Waals surface area contributed by atoms with Gasteiger partial charge < -0.3 is 75.1 Å². The van der Waals surface area contributed by atoms with E-state index in [1.807, 2.05) is 0 Å². The maximum absolute atomic E-state index is 14.2. The van der Waals surface area contributed by atoms with Gasteiger partial charge in [0.25, 0.3) is 0 Å². The Kier molecular flexibility index (Phi) is 27.7. The summed E-state index contributed by atoms with van der Waals surface area (Å²) in [5.41, 5.74) is 21.8. The Morgan fingerprint density at radius 1 is 0.566 bits per heavy atom. The number of carbonyl (C=O) groups is 13. The van der Waals surface area contributed by atoms with Crippen molar-refractivity contribution in [3.63, 3.8) is 0 Å². The number of primary amides is 3. The van der Waals surface area contributed by atoms with Gasteiger partial charge in [0.15, 0.2) is 0 Å². The first-order valence-electron chi connectivity index (χ1n) is 25.6. The van der Waals surface area contributed by atoms with Gasteiger partial charge in [-0.15, -0.1) is 0 Å². The maximum atomic E-state index is 14.2. The molecule has 76 heavy (non-hydrogen) atoms. The number of thioether (sulfide) groups is 1. The first kappa shape index (κ1) is 65.5. The van der Waals surface area contributed by atoms with E-state index in [1.54, 1.807) is 47.8 Å². The molecule has 0 aromatic carbocycles. The van der Waals surface area contributed by atoms with Crippen LogP contribution in [-0.2, 0) is 62.3 Å². The second-order valence-electron chi connectivity index (χ2n) is 20.4. The molecule has 0 unspecified atom stereocenters. The number of hydrogen-bond donors (Lipinski definition) is 12. The van der Waals surface area contributed by atoms with Crippen molar-refractivity contribution in [2.45, 2.75) is 173 Å². The highest BCUT2D eigenvalue weighted by Gasteiger charge is 2.43. The van der Waals surface area contributed by atoms with Crippen LogP contribution in [0.4, 0.5) is 0 Å². The summed E-state index contributed by atoms with van der Waals surface area (Å²) in [5.74, 6) is -11.5. The average molecular weight is 1100 g/mol. The average Bonchev–Trinajstić information content (AvgIpc) is 4.04. The van der Waals surface area contributed by atoms with Crippen LogP contribution in [-0.4, -0.2) is 178 Å². The lowest BCUT2D eigenvalue weighted by molar-refractivity contribution is -0.147. The largest absolute Gasteiger partial charge is 0.480 e. The number of hydrogen-bond acceptors (Lipinski definition) is 15. The molecule has 2 aliphatic heterocycles. The van der Waals surface area contributed by atoms with E-state index in [-0.39, 0.29) is 76.3 Å². The number of nitrogens with zero attached hydrogens (tertiary/aromatic N) is 2. The third-order valence-electron chi connectivity index (χ3n) is 12.7. The Morgan fingerprint density at radius 3 is 1.54 bits per heavy atom. The Morgan fingerprint density at radius 2 is 1.03 bits per heavy atom. The van der Waals surface area contributed by atoms with Crippen molar-refractivity contribution in [2.75, 3.05) is 31.6 Å². The van der Waals surface area contributed by atoms with E-state index < -0.39 is 150 Å². The summed E-state index contributed by atoms with van der Waals surface area (Å²) in [6.45, 7) is 10.1. The number of nitrogens with two attached hydrogens (primary N) is 4. The van der Waals surface area contributed by atoms with Gasteiger partial charge in [0, 0.05) is 25.9 Å². The summed E-state index contributed by atoms with van der Waals surface area (Å²) in [4.78, 5) is 173. The van der Waals surface area contributed by atoms with Crippen molar-refractivity contribution >= 4 is 88.6 Å². The number of carboxylic acids is 1. The van der Waals surface area contributed by atoms with Gasteiger partial charge in [0.2, 0.25) is 70.9 Å². The molecule has 0 saturated carbocycles. The van der Waals surface area contributed by atoms with Crippen molar-refractivity contribution in [2.24, 2.45) is 40.7 Å². The summed E-state index contributed by atoms with van der Waals surface area (Å²) < 4.78 is 0. The lowest BCUT2D eigenvalue weighted by Gasteiger charge is -2.32. The first-order valence-corrected chi connectivity index (χ1v) is 27.0. The topological polar surface area (TPSA) is 437 Å². The summed E-state index contributed by atoms with van der Waals surface area (Å²) in [6.07, 6.45) is 1.66. The van der Waals surface area contributed by atoms with Gasteiger partial charge in [-0.3, -0.25) is 57.5 Å². The van der Waals surface area contributed by atoms with Crippen LogP contribution in [0, 0.1) is 17.8 Å². The Balaban J connectivity index is 2.30. The van der Waals surface area contributed by atoms with Crippen molar-refractivity contribution in [3.05, 3.63) is 0 Å². The molecule has 2 aliphatic rings. The van der Waals surface area contributed by atoms with E-state index >= 15 is 0 Å². The minimum Gasteiger partial charge on any atom is -0.480 e. The van der Waals surface area contributed by atoms with E-state index in [4.69, 9.17) is 22.9 Å². The van der Waals surface area contributed by atoms with Crippen molar-refractivity contribution < 1.29 is 67.4 Å². The molecule has 2 rings (SSSR count). The Labute approximate surface area is 447 Å². The molecule has 9 atom stereocenters. The highest BCUT2D eigenvalue weighted by atomic mass is 32.2. The van der Waals surface area contributed by atoms with Gasteiger partial charge in [-0.1, -0.05) is 41.5 Å². The molecule has 27 nitrogen and oxygen atoms in total. The number of nitrogens with one attached hydrogen (secondary N) is 7. The minimum atomic E-state index is -1.70. The highest BCUT2D eigenvalue weighted by Crippen LogP contribution is 2.26. The first-order chi connectivity index (χ1) is 35.6. The number of aliphatic carboxylic acids is 1. The molecular formula is C48H81N13O14S. The monoisotopic (exact) mass is 1100 g/mol. The quantitative estimate of drug-likeness (QED) is 0.0301. The van der Waals surface area contributed by atoms with E-state index in [0.717, 1.165) is 0 Å². The maximum Gasteiger partial charge on any atom is 0.326 e. The SMILES string of the molecule is CSCC[C@H](NC(=O)[C@H](CC(C)C)NC(=O)[C@@H]1CCCN1C(=O)[C@@H]1CCCN1C(=O)CNC(=O)[C@@H](N)CCC(N)=O)C(=O)N[C@@H](CC(N)=O)C(=O)N[C@@H](CC(C)C)C(=O)N[C@@H](CCC(N)=O)C(=O)N[C@H](C(=O)O)C(C)C. The van der Waals surface area contributed by atoms with E-state index in [0.29, 0.717) is 25.0 Å². The molecule has 28 heteroatoms. The minimum absolute atomic E-state index is 0.00592. The molecule has 0 aromatic heterocycles. The fourth-order valence-electron chi connectivity index (χ4n) is 8.64. The Hall–Kier alpha value is -6.58. The third kappa shape index (κ3) is 21.9. The van der Waals surface area contributed by atoms with Gasteiger partial charge >= 0.3 is 5.97 Å². The molecule has 2 fully saturated rings. The summed E-state index contributed by atoms with van der Waals surface area (Å²) in [5, 5.41) is 27.3. The second-order valence-corrected chi connectivity index (χ2v) is 21.3. The molecule has 0 aliphatic carbocycles. The lowest BCUT2D eigenvalue weighted by Crippen LogP contribution is -2.60.